The van der Waals surface area contributed by atoms with Crippen LogP contribution in [0.3, 0.4) is 0 Å². The summed E-state index contributed by atoms with van der Waals surface area (Å²) in [7, 11) is 2.00. The molecule has 4 heteroatoms. The topological polar surface area (TPSA) is 29.9 Å². The molecule has 0 saturated carbocycles. The van der Waals surface area contributed by atoms with Crippen LogP contribution in [0.15, 0.2) is 30.6 Å². The third-order valence-electron chi connectivity index (χ3n) is 3.64. The van der Waals surface area contributed by atoms with E-state index in [2.05, 4.69) is 17.2 Å². The summed E-state index contributed by atoms with van der Waals surface area (Å²) in [6, 6.07) is 5.16. The number of aryl methyl sites for hydroxylation is 3. The Balaban J connectivity index is 2.14. The standard InChI is InChI=1S/C16H22FN3/c1-4-18-15(7-8-16-19-9-10-20(16)3)14-11-13(17)6-5-12(14)2/h5-6,9-11,15,18H,4,7-8H2,1-3H3. The molecule has 0 fully saturated rings. The molecule has 0 radical (unpaired) electrons. The van der Waals surface area contributed by atoms with E-state index in [1.165, 1.54) is 6.07 Å². The maximum atomic E-state index is 13.5. The third kappa shape index (κ3) is 3.45. The van der Waals surface area contributed by atoms with Crippen LogP contribution in [0.25, 0.3) is 0 Å². The van der Waals surface area contributed by atoms with Gasteiger partial charge in [0.2, 0.25) is 0 Å². The van der Waals surface area contributed by atoms with Crippen LogP contribution in [0.2, 0.25) is 0 Å². The maximum absolute atomic E-state index is 13.5. The fraction of sp³-hybridized carbons (Fsp3) is 0.438. The molecule has 2 rings (SSSR count). The molecule has 1 aromatic carbocycles. The van der Waals surface area contributed by atoms with Crippen molar-refractivity contribution in [3.8, 4) is 0 Å². The Labute approximate surface area is 119 Å². The minimum atomic E-state index is -0.175. The van der Waals surface area contributed by atoms with Crippen molar-refractivity contribution in [3.05, 3.63) is 53.4 Å². The van der Waals surface area contributed by atoms with Gasteiger partial charge in [-0.25, -0.2) is 9.37 Å². The van der Waals surface area contributed by atoms with Crippen LogP contribution in [0.5, 0.6) is 0 Å². The third-order valence-corrected chi connectivity index (χ3v) is 3.64. The summed E-state index contributed by atoms with van der Waals surface area (Å²) >= 11 is 0. The molecule has 0 aliphatic rings. The Morgan fingerprint density at radius 2 is 2.20 bits per heavy atom. The number of rotatable bonds is 6. The maximum Gasteiger partial charge on any atom is 0.123 e. The molecular weight excluding hydrogens is 253 g/mol. The second kappa shape index (κ2) is 6.66. The van der Waals surface area contributed by atoms with Crippen molar-refractivity contribution in [1.29, 1.82) is 0 Å². The van der Waals surface area contributed by atoms with Gasteiger partial charge in [0.1, 0.15) is 11.6 Å². The Morgan fingerprint density at radius 3 is 2.85 bits per heavy atom. The molecule has 20 heavy (non-hydrogen) atoms. The molecule has 0 aliphatic heterocycles. The molecule has 3 nitrogen and oxygen atoms in total. The van der Waals surface area contributed by atoms with Gasteiger partial charge in [0.25, 0.3) is 0 Å². The number of nitrogens with one attached hydrogen (secondary N) is 1. The Bertz CT molecular complexity index is 563. The van der Waals surface area contributed by atoms with Gasteiger partial charge in [-0.2, -0.15) is 0 Å². The highest BCUT2D eigenvalue weighted by Gasteiger charge is 2.14. The molecule has 0 spiro atoms. The van der Waals surface area contributed by atoms with E-state index in [9.17, 15) is 4.39 Å². The van der Waals surface area contributed by atoms with Crippen molar-refractivity contribution < 1.29 is 4.39 Å². The van der Waals surface area contributed by atoms with Crippen LogP contribution in [0.1, 0.15) is 36.3 Å². The van der Waals surface area contributed by atoms with Crippen molar-refractivity contribution in [2.24, 2.45) is 7.05 Å². The lowest BCUT2D eigenvalue weighted by Gasteiger charge is -2.20. The molecule has 0 saturated heterocycles. The van der Waals surface area contributed by atoms with Crippen molar-refractivity contribution >= 4 is 0 Å². The van der Waals surface area contributed by atoms with Crippen LogP contribution in [0, 0.1) is 12.7 Å². The van der Waals surface area contributed by atoms with E-state index in [4.69, 9.17) is 0 Å². The smallest absolute Gasteiger partial charge is 0.123 e. The van der Waals surface area contributed by atoms with Crippen molar-refractivity contribution in [2.45, 2.75) is 32.7 Å². The van der Waals surface area contributed by atoms with Crippen molar-refractivity contribution in [1.82, 2.24) is 14.9 Å². The summed E-state index contributed by atoms with van der Waals surface area (Å²) in [5.41, 5.74) is 2.17. The van der Waals surface area contributed by atoms with Crippen LogP contribution in [-0.4, -0.2) is 16.1 Å². The number of nitrogens with zero attached hydrogens (tertiary/aromatic N) is 2. The summed E-state index contributed by atoms with van der Waals surface area (Å²) in [6.07, 6.45) is 5.54. The summed E-state index contributed by atoms with van der Waals surface area (Å²) in [6.45, 7) is 4.96. The quantitative estimate of drug-likeness (QED) is 0.877. The molecule has 2 aromatic rings. The first kappa shape index (κ1) is 14.7. The fourth-order valence-corrected chi connectivity index (χ4v) is 2.51. The lowest BCUT2D eigenvalue weighted by atomic mass is 9.97. The van der Waals surface area contributed by atoms with Gasteiger partial charge in [0, 0.05) is 31.9 Å². The highest BCUT2D eigenvalue weighted by atomic mass is 19.1. The van der Waals surface area contributed by atoms with Gasteiger partial charge in [0.05, 0.1) is 0 Å². The molecule has 0 amide bonds. The van der Waals surface area contributed by atoms with Gasteiger partial charge in [0.15, 0.2) is 0 Å². The summed E-state index contributed by atoms with van der Waals surface area (Å²) < 4.78 is 15.5. The molecule has 0 aliphatic carbocycles. The minimum Gasteiger partial charge on any atom is -0.338 e. The van der Waals surface area contributed by atoms with E-state index in [1.54, 1.807) is 6.07 Å². The van der Waals surface area contributed by atoms with Crippen molar-refractivity contribution in [3.63, 3.8) is 0 Å². The molecule has 1 unspecified atom stereocenters. The molecular formula is C16H22FN3. The Kier molecular flexibility index (Phi) is 4.90. The average Bonchev–Trinajstić information content (AvgIpc) is 2.83. The summed E-state index contributed by atoms with van der Waals surface area (Å²) in [5.74, 6) is 0.882. The number of hydrogen-bond donors (Lipinski definition) is 1. The van der Waals surface area contributed by atoms with Crippen LogP contribution >= 0.6 is 0 Å². The number of benzene rings is 1. The first-order chi connectivity index (χ1) is 9.61. The summed E-state index contributed by atoms with van der Waals surface area (Å²) in [4.78, 5) is 4.34. The van der Waals surface area contributed by atoms with Gasteiger partial charge >= 0.3 is 0 Å². The lowest BCUT2D eigenvalue weighted by molar-refractivity contribution is 0.499. The van der Waals surface area contributed by atoms with Crippen molar-refractivity contribution in [2.75, 3.05) is 6.54 Å². The summed E-state index contributed by atoms with van der Waals surface area (Å²) in [5, 5.41) is 3.45. The predicted molar refractivity (Wildman–Crippen MR) is 79.1 cm³/mol. The van der Waals surface area contributed by atoms with E-state index >= 15 is 0 Å². The second-order valence-corrected chi connectivity index (χ2v) is 5.10. The first-order valence-electron chi connectivity index (χ1n) is 7.07. The van der Waals surface area contributed by atoms with Gasteiger partial charge in [-0.1, -0.05) is 13.0 Å². The number of hydrogen-bond acceptors (Lipinski definition) is 2. The van der Waals surface area contributed by atoms with E-state index in [1.807, 2.05) is 37.0 Å². The number of halogens is 1. The molecule has 0 bridgehead atoms. The second-order valence-electron chi connectivity index (χ2n) is 5.10. The van der Waals surface area contributed by atoms with Gasteiger partial charge < -0.3 is 9.88 Å². The van der Waals surface area contributed by atoms with Crippen LogP contribution in [0.4, 0.5) is 4.39 Å². The first-order valence-corrected chi connectivity index (χ1v) is 7.07. The lowest BCUT2D eigenvalue weighted by Crippen LogP contribution is -2.23. The van der Waals surface area contributed by atoms with Crippen LogP contribution in [-0.2, 0) is 13.5 Å². The monoisotopic (exact) mass is 275 g/mol. The molecule has 108 valence electrons. The Hall–Kier alpha value is -1.68. The van der Waals surface area contributed by atoms with Gasteiger partial charge in [-0.3, -0.25) is 0 Å². The predicted octanol–water partition coefficient (Wildman–Crippen LogP) is 3.15. The normalized spacial score (nSPS) is 12.6. The largest absolute Gasteiger partial charge is 0.338 e. The average molecular weight is 275 g/mol. The fourth-order valence-electron chi connectivity index (χ4n) is 2.51. The van der Waals surface area contributed by atoms with Gasteiger partial charge in [-0.15, -0.1) is 0 Å². The van der Waals surface area contributed by atoms with Crippen LogP contribution < -0.4 is 5.32 Å². The highest BCUT2D eigenvalue weighted by Crippen LogP contribution is 2.23. The van der Waals surface area contributed by atoms with E-state index in [-0.39, 0.29) is 11.9 Å². The molecule has 1 N–H and O–H groups in total. The SMILES string of the molecule is CCNC(CCc1nccn1C)c1cc(F)ccc1C. The zero-order chi connectivity index (χ0) is 14.5. The zero-order valence-electron chi connectivity index (χ0n) is 12.4. The number of imidazole rings is 1. The number of aromatic nitrogens is 2. The molecule has 1 atom stereocenters. The van der Waals surface area contributed by atoms with E-state index < -0.39 is 0 Å². The minimum absolute atomic E-state index is 0.160. The highest BCUT2D eigenvalue weighted by molar-refractivity contribution is 5.29. The van der Waals surface area contributed by atoms with Gasteiger partial charge in [-0.05, 0) is 43.1 Å². The molecule has 1 heterocycles. The zero-order valence-corrected chi connectivity index (χ0v) is 12.4. The molecule has 1 aromatic heterocycles. The Morgan fingerprint density at radius 1 is 1.40 bits per heavy atom. The van der Waals surface area contributed by atoms with E-state index in [0.717, 1.165) is 36.3 Å². The van der Waals surface area contributed by atoms with E-state index in [0.29, 0.717) is 0 Å².